The van der Waals surface area contributed by atoms with Crippen molar-refractivity contribution in [1.29, 1.82) is 0 Å². The number of nitrogens with one attached hydrogen (secondary N) is 1. The van der Waals surface area contributed by atoms with E-state index in [-0.39, 0.29) is 24.0 Å². The predicted octanol–water partition coefficient (Wildman–Crippen LogP) is 1.93. The minimum absolute atomic E-state index is 0. The number of rotatable bonds is 3. The summed E-state index contributed by atoms with van der Waals surface area (Å²) in [4.78, 5) is 11.1. The van der Waals surface area contributed by atoms with E-state index < -0.39 is 0 Å². The zero-order valence-corrected chi connectivity index (χ0v) is 15.5. The second-order valence-corrected chi connectivity index (χ2v) is 6.02. The van der Waals surface area contributed by atoms with Crippen LogP contribution in [-0.2, 0) is 11.2 Å². The average Bonchev–Trinajstić information content (AvgIpc) is 3.15. The molecule has 6 heteroatoms. The molecule has 0 bridgehead atoms. The Morgan fingerprint density at radius 3 is 3.05 bits per heavy atom. The Kier molecular flexibility index (Phi) is 6.43. The molecule has 0 radical (unpaired) electrons. The molecule has 122 valence electrons. The van der Waals surface area contributed by atoms with Gasteiger partial charge in [0.05, 0.1) is 6.61 Å². The number of hydrogen-bond donors (Lipinski definition) is 1. The summed E-state index contributed by atoms with van der Waals surface area (Å²) in [7, 11) is 1.86. The molecule has 2 fully saturated rings. The summed E-state index contributed by atoms with van der Waals surface area (Å²) in [5.74, 6) is 1.01. The third-order valence-electron chi connectivity index (χ3n) is 4.53. The fourth-order valence-electron chi connectivity index (χ4n) is 3.27. The van der Waals surface area contributed by atoms with Crippen molar-refractivity contribution < 1.29 is 4.74 Å². The second-order valence-electron chi connectivity index (χ2n) is 6.02. The fraction of sp³-hybridized carbons (Fsp3) is 0.625. The van der Waals surface area contributed by atoms with Gasteiger partial charge in [-0.3, -0.25) is 9.98 Å². The SMILES string of the molecule is CN=C(NCCc1ccccn1)N1CCC2(CCOC2)C1.I. The quantitative estimate of drug-likeness (QED) is 0.465. The smallest absolute Gasteiger partial charge is 0.193 e. The molecule has 1 unspecified atom stereocenters. The number of aromatic nitrogens is 1. The molecule has 1 aromatic heterocycles. The third-order valence-corrected chi connectivity index (χ3v) is 4.53. The maximum Gasteiger partial charge on any atom is 0.193 e. The van der Waals surface area contributed by atoms with E-state index in [9.17, 15) is 0 Å². The van der Waals surface area contributed by atoms with Gasteiger partial charge in [0.15, 0.2) is 5.96 Å². The Bertz CT molecular complexity index is 488. The van der Waals surface area contributed by atoms with Crippen LogP contribution in [0.3, 0.4) is 0 Å². The van der Waals surface area contributed by atoms with Gasteiger partial charge in [0.2, 0.25) is 0 Å². The third kappa shape index (κ3) is 4.10. The van der Waals surface area contributed by atoms with Crippen LogP contribution in [0.1, 0.15) is 18.5 Å². The maximum atomic E-state index is 5.59. The molecule has 2 aliphatic heterocycles. The first-order valence-electron chi connectivity index (χ1n) is 7.75. The van der Waals surface area contributed by atoms with Gasteiger partial charge in [-0.2, -0.15) is 0 Å². The highest BCUT2D eigenvalue weighted by atomic mass is 127. The van der Waals surface area contributed by atoms with Gasteiger partial charge in [-0.15, -0.1) is 24.0 Å². The summed E-state index contributed by atoms with van der Waals surface area (Å²) >= 11 is 0. The summed E-state index contributed by atoms with van der Waals surface area (Å²) in [5, 5.41) is 3.46. The lowest BCUT2D eigenvalue weighted by Crippen LogP contribution is -2.42. The Hall–Kier alpha value is -0.890. The average molecular weight is 416 g/mol. The van der Waals surface area contributed by atoms with Crippen LogP contribution in [0.25, 0.3) is 0 Å². The first-order chi connectivity index (χ1) is 10.3. The van der Waals surface area contributed by atoms with Crippen molar-refractivity contribution in [2.24, 2.45) is 10.4 Å². The van der Waals surface area contributed by atoms with E-state index in [1.807, 2.05) is 25.4 Å². The van der Waals surface area contributed by atoms with Gasteiger partial charge < -0.3 is 15.0 Å². The van der Waals surface area contributed by atoms with Gasteiger partial charge >= 0.3 is 0 Å². The molecule has 22 heavy (non-hydrogen) atoms. The first kappa shape index (κ1) is 17.5. The molecule has 1 spiro atoms. The van der Waals surface area contributed by atoms with E-state index in [1.54, 1.807) is 0 Å². The topological polar surface area (TPSA) is 49.8 Å². The monoisotopic (exact) mass is 416 g/mol. The summed E-state index contributed by atoms with van der Waals surface area (Å²) in [5.41, 5.74) is 1.49. The van der Waals surface area contributed by atoms with Crippen molar-refractivity contribution in [2.45, 2.75) is 19.3 Å². The Labute approximate surface area is 149 Å². The molecule has 3 rings (SSSR count). The number of halogens is 1. The number of nitrogens with zero attached hydrogens (tertiary/aromatic N) is 3. The first-order valence-corrected chi connectivity index (χ1v) is 7.75. The van der Waals surface area contributed by atoms with Gasteiger partial charge in [0, 0.05) is 57.0 Å². The molecule has 2 aliphatic rings. The number of pyridine rings is 1. The van der Waals surface area contributed by atoms with Crippen LogP contribution in [0.4, 0.5) is 0 Å². The maximum absolute atomic E-state index is 5.59. The number of likely N-dealkylation sites (tertiary alicyclic amines) is 1. The lowest BCUT2D eigenvalue weighted by Gasteiger charge is -2.24. The molecule has 1 N–H and O–H groups in total. The van der Waals surface area contributed by atoms with E-state index >= 15 is 0 Å². The van der Waals surface area contributed by atoms with Crippen LogP contribution >= 0.6 is 24.0 Å². The molecule has 1 aromatic rings. The molecule has 5 nitrogen and oxygen atoms in total. The molecule has 3 heterocycles. The van der Waals surface area contributed by atoms with Gasteiger partial charge in [-0.25, -0.2) is 0 Å². The van der Waals surface area contributed by atoms with Crippen molar-refractivity contribution >= 4 is 29.9 Å². The summed E-state index contributed by atoms with van der Waals surface area (Å²) in [6, 6.07) is 6.04. The molecular weight excluding hydrogens is 391 g/mol. The van der Waals surface area contributed by atoms with Crippen LogP contribution in [0.2, 0.25) is 0 Å². The highest BCUT2D eigenvalue weighted by molar-refractivity contribution is 14.0. The molecule has 1 atom stereocenters. The van der Waals surface area contributed by atoms with Crippen LogP contribution in [0.5, 0.6) is 0 Å². The molecule has 0 aliphatic carbocycles. The normalized spacial score (nSPS) is 24.6. The Morgan fingerprint density at radius 1 is 1.45 bits per heavy atom. The van der Waals surface area contributed by atoms with Crippen molar-refractivity contribution in [3.8, 4) is 0 Å². The van der Waals surface area contributed by atoms with E-state index in [2.05, 4.69) is 26.3 Å². The fourth-order valence-corrected chi connectivity index (χ4v) is 3.27. The number of guanidine groups is 1. The Morgan fingerprint density at radius 2 is 2.36 bits per heavy atom. The minimum atomic E-state index is 0. The highest BCUT2D eigenvalue weighted by Gasteiger charge is 2.42. The second kappa shape index (κ2) is 8.10. The van der Waals surface area contributed by atoms with Gasteiger partial charge in [0.1, 0.15) is 0 Å². The summed E-state index contributed by atoms with van der Waals surface area (Å²) in [6.45, 7) is 4.83. The molecule has 2 saturated heterocycles. The Balaban J connectivity index is 0.00000176. The number of hydrogen-bond acceptors (Lipinski definition) is 3. The van der Waals surface area contributed by atoms with E-state index in [0.717, 1.165) is 50.9 Å². The van der Waals surface area contributed by atoms with Crippen LogP contribution in [0.15, 0.2) is 29.4 Å². The lowest BCUT2D eigenvalue weighted by molar-refractivity contribution is 0.156. The molecule has 0 saturated carbocycles. The summed E-state index contributed by atoms with van der Waals surface area (Å²) in [6.07, 6.45) is 5.17. The van der Waals surface area contributed by atoms with Crippen LogP contribution < -0.4 is 5.32 Å². The predicted molar refractivity (Wildman–Crippen MR) is 98.8 cm³/mol. The number of ether oxygens (including phenoxy) is 1. The molecule has 0 aromatic carbocycles. The zero-order chi connectivity index (χ0) is 14.5. The molecule has 0 amide bonds. The van der Waals surface area contributed by atoms with Gasteiger partial charge in [0.25, 0.3) is 0 Å². The van der Waals surface area contributed by atoms with Gasteiger partial charge in [-0.05, 0) is 25.0 Å². The van der Waals surface area contributed by atoms with Crippen molar-refractivity contribution in [3.05, 3.63) is 30.1 Å². The van der Waals surface area contributed by atoms with Crippen molar-refractivity contribution in [1.82, 2.24) is 15.2 Å². The standard InChI is InChI=1S/C16H24N4O.HI/c1-17-15(19-9-5-14-4-2-3-8-18-14)20-10-6-16(12-20)7-11-21-13-16;/h2-4,8H,5-7,9-13H2,1H3,(H,17,19);1H. The van der Waals surface area contributed by atoms with E-state index in [1.165, 1.54) is 12.8 Å². The summed E-state index contributed by atoms with van der Waals surface area (Å²) < 4.78 is 5.59. The zero-order valence-electron chi connectivity index (χ0n) is 13.1. The lowest BCUT2D eigenvalue weighted by atomic mass is 9.87. The van der Waals surface area contributed by atoms with E-state index in [0.29, 0.717) is 5.41 Å². The minimum Gasteiger partial charge on any atom is -0.381 e. The molecular formula is C16H25IN4O. The number of aliphatic imine (C=N–C) groups is 1. The van der Waals surface area contributed by atoms with E-state index in [4.69, 9.17) is 4.74 Å². The van der Waals surface area contributed by atoms with Gasteiger partial charge in [-0.1, -0.05) is 6.07 Å². The largest absolute Gasteiger partial charge is 0.381 e. The van der Waals surface area contributed by atoms with Crippen molar-refractivity contribution in [2.75, 3.05) is 39.9 Å². The van der Waals surface area contributed by atoms with Crippen LogP contribution in [0, 0.1) is 5.41 Å². The van der Waals surface area contributed by atoms with Crippen LogP contribution in [-0.4, -0.2) is 55.7 Å². The van der Waals surface area contributed by atoms with Crippen molar-refractivity contribution in [3.63, 3.8) is 0 Å². The highest BCUT2D eigenvalue weighted by Crippen LogP contribution is 2.38.